The molecule has 0 aliphatic carbocycles. The first-order valence-electron chi connectivity index (χ1n) is 6.05. The molecular formula is C12H23NO4. The second kappa shape index (κ2) is 6.33. The fourth-order valence-electron chi connectivity index (χ4n) is 1.58. The molecule has 100 valence electrons. The van der Waals surface area contributed by atoms with Gasteiger partial charge in [0, 0.05) is 12.6 Å². The maximum absolute atomic E-state index is 11.8. The Morgan fingerprint density at radius 1 is 1.53 bits per heavy atom. The Morgan fingerprint density at radius 3 is 2.76 bits per heavy atom. The lowest BCUT2D eigenvalue weighted by atomic mass is 9.86. The molecule has 2 unspecified atom stereocenters. The Bertz CT molecular complexity index is 257. The number of rotatable bonds is 6. The van der Waals surface area contributed by atoms with Crippen molar-refractivity contribution < 1.29 is 19.0 Å². The van der Waals surface area contributed by atoms with Gasteiger partial charge < -0.3 is 19.9 Å². The van der Waals surface area contributed by atoms with E-state index in [1.54, 1.807) is 6.92 Å². The van der Waals surface area contributed by atoms with Gasteiger partial charge in [0.05, 0.1) is 19.8 Å². The molecule has 0 saturated carbocycles. The van der Waals surface area contributed by atoms with Crippen LogP contribution in [0.3, 0.4) is 0 Å². The summed E-state index contributed by atoms with van der Waals surface area (Å²) in [5, 5.41) is 0. The number of hydrogen-bond donors (Lipinski definition) is 1. The average molecular weight is 245 g/mol. The topological polar surface area (TPSA) is 70.8 Å². The first-order chi connectivity index (χ1) is 7.97. The van der Waals surface area contributed by atoms with Crippen LogP contribution in [-0.4, -0.2) is 45.0 Å². The summed E-state index contributed by atoms with van der Waals surface area (Å²) >= 11 is 0. The maximum atomic E-state index is 11.8. The highest BCUT2D eigenvalue weighted by atomic mass is 16.6. The van der Waals surface area contributed by atoms with Crippen molar-refractivity contribution >= 4 is 5.97 Å². The molecular weight excluding hydrogens is 222 g/mol. The molecule has 1 heterocycles. The Labute approximate surface area is 103 Å². The summed E-state index contributed by atoms with van der Waals surface area (Å²) in [5.74, 6) is 0.190. The minimum Gasteiger partial charge on any atom is -0.463 e. The number of hydrogen-bond acceptors (Lipinski definition) is 5. The van der Waals surface area contributed by atoms with Gasteiger partial charge in [0.25, 0.3) is 0 Å². The van der Waals surface area contributed by atoms with E-state index in [0.29, 0.717) is 32.3 Å². The van der Waals surface area contributed by atoms with Crippen molar-refractivity contribution in [1.29, 1.82) is 0 Å². The summed E-state index contributed by atoms with van der Waals surface area (Å²) in [4.78, 5) is 11.8. The van der Waals surface area contributed by atoms with Crippen molar-refractivity contribution in [2.24, 2.45) is 17.1 Å². The molecule has 0 aromatic heterocycles. The molecule has 17 heavy (non-hydrogen) atoms. The fraction of sp³-hybridized carbons (Fsp3) is 0.917. The SMILES string of the molecule is CC(C)COCCOC(=O)C1(C)COCC1N. The normalized spacial score (nSPS) is 28.6. The first kappa shape index (κ1) is 14.4. The minimum absolute atomic E-state index is 0.272. The van der Waals surface area contributed by atoms with Gasteiger partial charge in [-0.25, -0.2) is 0 Å². The van der Waals surface area contributed by atoms with Crippen LogP contribution >= 0.6 is 0 Å². The van der Waals surface area contributed by atoms with Crippen LogP contribution in [0.1, 0.15) is 20.8 Å². The third kappa shape index (κ3) is 3.94. The molecule has 1 aliphatic rings. The predicted octanol–water partition coefficient (Wildman–Crippen LogP) is 0.566. The monoisotopic (exact) mass is 245 g/mol. The summed E-state index contributed by atoms with van der Waals surface area (Å²) in [5.41, 5.74) is 5.12. The third-order valence-electron chi connectivity index (χ3n) is 2.90. The van der Waals surface area contributed by atoms with Crippen LogP contribution < -0.4 is 5.73 Å². The zero-order chi connectivity index (χ0) is 12.9. The van der Waals surface area contributed by atoms with Crippen molar-refractivity contribution in [3.63, 3.8) is 0 Å². The molecule has 1 saturated heterocycles. The number of carbonyl (C=O) groups excluding carboxylic acids is 1. The van der Waals surface area contributed by atoms with E-state index in [1.807, 2.05) is 0 Å². The van der Waals surface area contributed by atoms with Gasteiger partial charge in [-0.05, 0) is 12.8 Å². The number of esters is 1. The van der Waals surface area contributed by atoms with Gasteiger partial charge in [0.15, 0.2) is 0 Å². The molecule has 5 nitrogen and oxygen atoms in total. The molecule has 2 N–H and O–H groups in total. The number of carbonyl (C=O) groups is 1. The van der Waals surface area contributed by atoms with Crippen LogP contribution in [0.25, 0.3) is 0 Å². The summed E-state index contributed by atoms with van der Waals surface area (Å²) in [6.45, 7) is 8.04. The zero-order valence-corrected chi connectivity index (χ0v) is 10.9. The van der Waals surface area contributed by atoms with E-state index in [1.165, 1.54) is 0 Å². The molecule has 0 aromatic rings. The van der Waals surface area contributed by atoms with Crippen LogP contribution in [0.5, 0.6) is 0 Å². The number of nitrogens with two attached hydrogens (primary N) is 1. The van der Waals surface area contributed by atoms with Crippen LogP contribution in [0.15, 0.2) is 0 Å². The van der Waals surface area contributed by atoms with Crippen molar-refractivity contribution in [3.8, 4) is 0 Å². The summed E-state index contributed by atoms with van der Waals surface area (Å²) in [7, 11) is 0. The van der Waals surface area contributed by atoms with Crippen LogP contribution in [0.4, 0.5) is 0 Å². The van der Waals surface area contributed by atoms with Crippen molar-refractivity contribution in [1.82, 2.24) is 0 Å². The van der Waals surface area contributed by atoms with Gasteiger partial charge in [-0.3, -0.25) is 4.79 Å². The summed E-state index contributed by atoms with van der Waals surface area (Å²) in [6.07, 6.45) is 0. The lowest BCUT2D eigenvalue weighted by Gasteiger charge is -2.24. The van der Waals surface area contributed by atoms with E-state index in [9.17, 15) is 4.79 Å². The Kier molecular flexibility index (Phi) is 5.36. The Balaban J connectivity index is 2.21. The highest BCUT2D eigenvalue weighted by molar-refractivity contribution is 5.78. The molecule has 1 fully saturated rings. The predicted molar refractivity (Wildman–Crippen MR) is 63.5 cm³/mol. The molecule has 0 radical (unpaired) electrons. The van der Waals surface area contributed by atoms with E-state index in [0.717, 1.165) is 0 Å². The number of ether oxygens (including phenoxy) is 3. The van der Waals surface area contributed by atoms with Crippen LogP contribution in [0, 0.1) is 11.3 Å². The molecule has 1 rings (SSSR count). The highest BCUT2D eigenvalue weighted by Crippen LogP contribution is 2.28. The van der Waals surface area contributed by atoms with E-state index in [2.05, 4.69) is 13.8 Å². The first-order valence-corrected chi connectivity index (χ1v) is 6.05. The second-order valence-electron chi connectivity index (χ2n) is 5.14. The van der Waals surface area contributed by atoms with Gasteiger partial charge in [0.2, 0.25) is 0 Å². The van der Waals surface area contributed by atoms with Crippen molar-refractivity contribution in [2.45, 2.75) is 26.8 Å². The van der Waals surface area contributed by atoms with Crippen LogP contribution in [-0.2, 0) is 19.0 Å². The molecule has 5 heteroatoms. The molecule has 0 spiro atoms. The van der Waals surface area contributed by atoms with Gasteiger partial charge in [0.1, 0.15) is 12.0 Å². The second-order valence-corrected chi connectivity index (χ2v) is 5.14. The lowest BCUT2D eigenvalue weighted by molar-refractivity contribution is -0.157. The fourth-order valence-corrected chi connectivity index (χ4v) is 1.58. The van der Waals surface area contributed by atoms with Crippen molar-refractivity contribution in [3.05, 3.63) is 0 Å². The van der Waals surface area contributed by atoms with E-state index < -0.39 is 5.41 Å². The Hall–Kier alpha value is -0.650. The van der Waals surface area contributed by atoms with Crippen LogP contribution in [0.2, 0.25) is 0 Å². The molecule has 1 aliphatic heterocycles. The van der Waals surface area contributed by atoms with Gasteiger partial charge in [-0.15, -0.1) is 0 Å². The zero-order valence-electron chi connectivity index (χ0n) is 10.9. The highest BCUT2D eigenvalue weighted by Gasteiger charge is 2.45. The summed E-state index contributed by atoms with van der Waals surface area (Å²) < 4.78 is 15.7. The van der Waals surface area contributed by atoms with Gasteiger partial charge in [-0.2, -0.15) is 0 Å². The quantitative estimate of drug-likeness (QED) is 0.547. The maximum Gasteiger partial charge on any atom is 0.315 e. The van der Waals surface area contributed by atoms with E-state index in [-0.39, 0.29) is 18.6 Å². The average Bonchev–Trinajstić information content (AvgIpc) is 2.59. The molecule has 2 atom stereocenters. The largest absolute Gasteiger partial charge is 0.463 e. The molecule has 0 aromatic carbocycles. The van der Waals surface area contributed by atoms with Gasteiger partial charge in [-0.1, -0.05) is 13.8 Å². The third-order valence-corrected chi connectivity index (χ3v) is 2.90. The Morgan fingerprint density at radius 2 is 2.24 bits per heavy atom. The van der Waals surface area contributed by atoms with Crippen molar-refractivity contribution in [2.75, 3.05) is 33.0 Å². The lowest BCUT2D eigenvalue weighted by Crippen LogP contribution is -2.45. The van der Waals surface area contributed by atoms with E-state index in [4.69, 9.17) is 19.9 Å². The molecule has 0 bridgehead atoms. The molecule has 0 amide bonds. The van der Waals surface area contributed by atoms with E-state index >= 15 is 0 Å². The smallest absolute Gasteiger partial charge is 0.315 e. The van der Waals surface area contributed by atoms with Gasteiger partial charge >= 0.3 is 5.97 Å². The minimum atomic E-state index is -0.710. The standard InChI is InChI=1S/C12H23NO4/c1-9(2)6-15-4-5-17-11(14)12(3)8-16-7-10(12)13/h9-10H,4-8,13H2,1-3H3. The summed E-state index contributed by atoms with van der Waals surface area (Å²) in [6, 6.07) is -0.286.